The lowest BCUT2D eigenvalue weighted by Gasteiger charge is -2.24. The van der Waals surface area contributed by atoms with E-state index in [0.29, 0.717) is 6.61 Å². The summed E-state index contributed by atoms with van der Waals surface area (Å²) in [6.07, 6.45) is 3.78. The molecule has 0 aliphatic carbocycles. The van der Waals surface area contributed by atoms with Crippen molar-refractivity contribution in [2.24, 2.45) is 0 Å². The summed E-state index contributed by atoms with van der Waals surface area (Å²) in [4.78, 5) is 0. The number of rotatable bonds is 7. The van der Waals surface area contributed by atoms with Crippen LogP contribution in [0.2, 0.25) is 0 Å². The minimum atomic E-state index is -0.590. The highest BCUT2D eigenvalue weighted by atomic mass is 16.5. The normalized spacial score (nSPS) is 12.0. The molecule has 0 atom stereocenters. The van der Waals surface area contributed by atoms with Crippen molar-refractivity contribution in [3.63, 3.8) is 0 Å². The minimum absolute atomic E-state index is 0.486. The quantitative estimate of drug-likeness (QED) is 0.600. The lowest BCUT2D eigenvalue weighted by atomic mass is 9.99. The fraction of sp³-hybridized carbons (Fsp3) is 1.00. The zero-order valence-corrected chi connectivity index (χ0v) is 8.60. The van der Waals surface area contributed by atoms with E-state index in [1.807, 2.05) is 13.8 Å². The van der Waals surface area contributed by atoms with E-state index < -0.39 is 5.60 Å². The summed E-state index contributed by atoms with van der Waals surface area (Å²) >= 11 is 0. The van der Waals surface area contributed by atoms with E-state index >= 15 is 0 Å². The third-order valence-corrected chi connectivity index (χ3v) is 2.33. The molecule has 0 heterocycles. The molecule has 0 aromatic heterocycles. The number of hydrogen-bond acceptors (Lipinski definition) is 2. The van der Waals surface area contributed by atoms with Crippen LogP contribution in [0.3, 0.4) is 0 Å². The first kappa shape index (κ1) is 11.9. The average molecular weight is 174 g/mol. The molecule has 0 aromatic rings. The van der Waals surface area contributed by atoms with Gasteiger partial charge in [-0.2, -0.15) is 0 Å². The molecule has 0 bridgehead atoms. The Bertz CT molecular complexity index is 98.0. The molecule has 0 rings (SSSR count). The fourth-order valence-corrected chi connectivity index (χ4v) is 0.963. The van der Waals surface area contributed by atoms with Gasteiger partial charge in [0.25, 0.3) is 0 Å². The maximum Gasteiger partial charge on any atom is 0.0874 e. The zero-order valence-electron chi connectivity index (χ0n) is 8.60. The van der Waals surface area contributed by atoms with E-state index in [1.165, 1.54) is 0 Å². The molecule has 12 heavy (non-hydrogen) atoms. The van der Waals surface area contributed by atoms with Crippen molar-refractivity contribution in [2.75, 3.05) is 13.2 Å². The Morgan fingerprint density at radius 1 is 1.17 bits per heavy atom. The van der Waals surface area contributed by atoms with Crippen LogP contribution in [0.15, 0.2) is 0 Å². The van der Waals surface area contributed by atoms with E-state index in [0.717, 1.165) is 32.3 Å². The second-order valence-electron chi connectivity index (χ2n) is 3.34. The van der Waals surface area contributed by atoms with Gasteiger partial charge in [0.1, 0.15) is 0 Å². The Kier molecular flexibility index (Phi) is 6.39. The number of hydrogen-bond donors (Lipinski definition) is 1. The predicted molar refractivity (Wildman–Crippen MR) is 51.3 cm³/mol. The Morgan fingerprint density at radius 3 is 2.17 bits per heavy atom. The van der Waals surface area contributed by atoms with Crippen LogP contribution < -0.4 is 0 Å². The topological polar surface area (TPSA) is 29.5 Å². The average Bonchev–Trinajstić information content (AvgIpc) is 2.12. The van der Waals surface area contributed by atoms with Crippen LogP contribution in [-0.2, 0) is 4.74 Å². The van der Waals surface area contributed by atoms with E-state index in [4.69, 9.17) is 4.74 Å². The number of ether oxygens (including phenoxy) is 1. The molecule has 0 fully saturated rings. The van der Waals surface area contributed by atoms with Gasteiger partial charge in [0, 0.05) is 6.61 Å². The van der Waals surface area contributed by atoms with Gasteiger partial charge in [0.05, 0.1) is 12.2 Å². The van der Waals surface area contributed by atoms with Crippen LogP contribution in [0.1, 0.15) is 46.5 Å². The standard InChI is InChI=1S/C10H22O2/c1-4-7-8-12-9-10(11,5-2)6-3/h11H,4-9H2,1-3H3. The van der Waals surface area contributed by atoms with E-state index in [-0.39, 0.29) is 0 Å². The highest BCUT2D eigenvalue weighted by Crippen LogP contribution is 2.14. The highest BCUT2D eigenvalue weighted by molar-refractivity contribution is 4.73. The van der Waals surface area contributed by atoms with Gasteiger partial charge in [-0.15, -0.1) is 0 Å². The molecule has 0 saturated carbocycles. The Hall–Kier alpha value is -0.0800. The Balaban J connectivity index is 3.45. The van der Waals surface area contributed by atoms with Gasteiger partial charge in [0.15, 0.2) is 0 Å². The van der Waals surface area contributed by atoms with Gasteiger partial charge in [-0.05, 0) is 19.3 Å². The highest BCUT2D eigenvalue weighted by Gasteiger charge is 2.21. The maximum absolute atomic E-state index is 9.80. The lowest BCUT2D eigenvalue weighted by Crippen LogP contribution is -2.32. The monoisotopic (exact) mass is 174 g/mol. The summed E-state index contributed by atoms with van der Waals surface area (Å²) in [5.41, 5.74) is -0.590. The minimum Gasteiger partial charge on any atom is -0.388 e. The second kappa shape index (κ2) is 6.44. The summed E-state index contributed by atoms with van der Waals surface area (Å²) in [6, 6.07) is 0. The van der Waals surface area contributed by atoms with Crippen molar-refractivity contribution < 1.29 is 9.84 Å². The molecule has 74 valence electrons. The van der Waals surface area contributed by atoms with Gasteiger partial charge in [-0.3, -0.25) is 0 Å². The smallest absolute Gasteiger partial charge is 0.0874 e. The Labute approximate surface area is 75.9 Å². The van der Waals surface area contributed by atoms with E-state index in [2.05, 4.69) is 6.92 Å². The van der Waals surface area contributed by atoms with Crippen molar-refractivity contribution >= 4 is 0 Å². The van der Waals surface area contributed by atoms with Gasteiger partial charge < -0.3 is 9.84 Å². The number of unbranched alkanes of at least 4 members (excludes halogenated alkanes) is 1. The molecule has 2 heteroatoms. The van der Waals surface area contributed by atoms with E-state index in [9.17, 15) is 5.11 Å². The van der Waals surface area contributed by atoms with Gasteiger partial charge >= 0.3 is 0 Å². The molecule has 0 radical (unpaired) electrons. The maximum atomic E-state index is 9.80. The molecule has 0 spiro atoms. The molecule has 0 aliphatic rings. The van der Waals surface area contributed by atoms with Gasteiger partial charge in [-0.25, -0.2) is 0 Å². The molecule has 1 N–H and O–H groups in total. The SMILES string of the molecule is CCCCOCC(O)(CC)CC. The van der Waals surface area contributed by atoms with E-state index in [1.54, 1.807) is 0 Å². The van der Waals surface area contributed by atoms with Crippen molar-refractivity contribution in [3.8, 4) is 0 Å². The third-order valence-electron chi connectivity index (χ3n) is 2.33. The summed E-state index contributed by atoms with van der Waals surface area (Å²) < 4.78 is 5.37. The van der Waals surface area contributed by atoms with Crippen molar-refractivity contribution in [3.05, 3.63) is 0 Å². The van der Waals surface area contributed by atoms with Crippen LogP contribution in [0.4, 0.5) is 0 Å². The summed E-state index contributed by atoms with van der Waals surface area (Å²) in [5.74, 6) is 0. The molecular formula is C10H22O2. The third kappa shape index (κ3) is 4.73. The van der Waals surface area contributed by atoms with Gasteiger partial charge in [0.2, 0.25) is 0 Å². The second-order valence-corrected chi connectivity index (χ2v) is 3.34. The van der Waals surface area contributed by atoms with Crippen LogP contribution in [-0.4, -0.2) is 23.9 Å². The molecule has 0 aromatic carbocycles. The van der Waals surface area contributed by atoms with Crippen molar-refractivity contribution in [2.45, 2.75) is 52.1 Å². The summed E-state index contributed by atoms with van der Waals surface area (Å²) in [7, 11) is 0. The molecule has 0 saturated heterocycles. The fourth-order valence-electron chi connectivity index (χ4n) is 0.963. The lowest BCUT2D eigenvalue weighted by molar-refractivity contribution is -0.0515. The largest absolute Gasteiger partial charge is 0.388 e. The first-order valence-corrected chi connectivity index (χ1v) is 4.98. The van der Waals surface area contributed by atoms with Crippen LogP contribution in [0.25, 0.3) is 0 Å². The zero-order chi connectivity index (χ0) is 9.45. The van der Waals surface area contributed by atoms with Crippen molar-refractivity contribution in [1.29, 1.82) is 0 Å². The molecule has 0 unspecified atom stereocenters. The summed E-state index contributed by atoms with van der Waals surface area (Å²) in [5, 5.41) is 9.80. The Morgan fingerprint density at radius 2 is 1.75 bits per heavy atom. The molecule has 0 aliphatic heterocycles. The first-order chi connectivity index (χ1) is 5.68. The number of aliphatic hydroxyl groups is 1. The molecular weight excluding hydrogens is 152 g/mol. The molecule has 2 nitrogen and oxygen atoms in total. The molecule has 0 amide bonds. The van der Waals surface area contributed by atoms with Crippen LogP contribution in [0, 0.1) is 0 Å². The van der Waals surface area contributed by atoms with Crippen LogP contribution in [0.5, 0.6) is 0 Å². The van der Waals surface area contributed by atoms with Crippen LogP contribution >= 0.6 is 0 Å². The van der Waals surface area contributed by atoms with Crippen molar-refractivity contribution in [1.82, 2.24) is 0 Å². The van der Waals surface area contributed by atoms with Gasteiger partial charge in [-0.1, -0.05) is 27.2 Å². The summed E-state index contributed by atoms with van der Waals surface area (Å²) in [6.45, 7) is 7.38. The predicted octanol–water partition coefficient (Wildman–Crippen LogP) is 2.35. The first-order valence-electron chi connectivity index (χ1n) is 4.98.